The van der Waals surface area contributed by atoms with E-state index < -0.39 is 0 Å². The van der Waals surface area contributed by atoms with E-state index in [0.717, 1.165) is 12.6 Å². The summed E-state index contributed by atoms with van der Waals surface area (Å²) in [6.07, 6.45) is 5.75. The van der Waals surface area contributed by atoms with Crippen LogP contribution in [-0.4, -0.2) is 24.0 Å². The lowest BCUT2D eigenvalue weighted by molar-refractivity contribution is 0.243. The molecule has 0 fully saturated rings. The predicted octanol–water partition coefficient (Wildman–Crippen LogP) is 2.68. The average molecular weight is 155 g/mol. The second-order valence-electron chi connectivity index (χ2n) is 2.85. The van der Waals surface area contributed by atoms with E-state index in [9.17, 15) is 0 Å². The molecule has 0 saturated carbocycles. The van der Waals surface area contributed by atoms with E-state index in [0.29, 0.717) is 0 Å². The van der Waals surface area contributed by atoms with Gasteiger partial charge in [0.25, 0.3) is 0 Å². The molecule has 0 aromatic heterocycles. The summed E-state index contributed by atoms with van der Waals surface area (Å²) >= 11 is 0. The number of hydrogen-bond acceptors (Lipinski definition) is 1. The summed E-state index contributed by atoms with van der Waals surface area (Å²) in [4.78, 5) is 2.47. The van der Waals surface area contributed by atoms with Crippen LogP contribution in [0.5, 0.6) is 0 Å². The summed E-state index contributed by atoms with van der Waals surface area (Å²) in [6, 6.07) is 0.718. The average Bonchev–Trinajstić information content (AvgIpc) is 2.10. The molecule has 0 aromatic carbocycles. The Morgan fingerprint density at radius 3 is 2.09 bits per heavy atom. The van der Waals surface area contributed by atoms with Crippen molar-refractivity contribution >= 4 is 0 Å². The molecular weight excluding hydrogens is 134 g/mol. The molecule has 1 aliphatic heterocycles. The Kier molecular flexibility index (Phi) is 6.24. The highest BCUT2D eigenvalue weighted by Crippen LogP contribution is 2.04. The zero-order valence-electron chi connectivity index (χ0n) is 8.30. The molecule has 0 unspecified atom stereocenters. The molecule has 66 valence electrons. The molecule has 0 atom stereocenters. The standard InChI is InChI=1S/C8H15N.C2H6/c1-8(2)9-6-4-3-5-7-9;1-2/h3-4,8H,5-7H2,1-2H3;1-2H3. The van der Waals surface area contributed by atoms with Crippen molar-refractivity contribution in [3.05, 3.63) is 12.2 Å². The molecule has 0 aromatic rings. The van der Waals surface area contributed by atoms with Crippen molar-refractivity contribution in [1.82, 2.24) is 4.90 Å². The summed E-state index contributed by atoms with van der Waals surface area (Å²) in [5, 5.41) is 0. The first-order valence-electron chi connectivity index (χ1n) is 4.70. The number of rotatable bonds is 1. The van der Waals surface area contributed by atoms with Gasteiger partial charge in [-0.1, -0.05) is 26.0 Å². The molecular formula is C10H21N. The second-order valence-corrected chi connectivity index (χ2v) is 2.85. The zero-order valence-corrected chi connectivity index (χ0v) is 8.30. The number of hydrogen-bond donors (Lipinski definition) is 0. The van der Waals surface area contributed by atoms with Crippen molar-refractivity contribution < 1.29 is 0 Å². The molecule has 0 aliphatic carbocycles. The lowest BCUT2D eigenvalue weighted by Crippen LogP contribution is -2.33. The monoisotopic (exact) mass is 155 g/mol. The minimum absolute atomic E-state index is 0.718. The second kappa shape index (κ2) is 6.41. The Balaban J connectivity index is 0.000000461. The molecule has 0 radical (unpaired) electrons. The van der Waals surface area contributed by atoms with Gasteiger partial charge in [-0.3, -0.25) is 4.90 Å². The highest BCUT2D eigenvalue weighted by molar-refractivity contribution is 4.91. The van der Waals surface area contributed by atoms with Gasteiger partial charge in [0.2, 0.25) is 0 Å². The molecule has 1 nitrogen and oxygen atoms in total. The van der Waals surface area contributed by atoms with E-state index in [1.165, 1.54) is 13.0 Å². The van der Waals surface area contributed by atoms with Crippen LogP contribution in [0.3, 0.4) is 0 Å². The van der Waals surface area contributed by atoms with Gasteiger partial charge in [-0.05, 0) is 20.3 Å². The first-order chi connectivity index (χ1) is 5.30. The third-order valence-electron chi connectivity index (χ3n) is 1.82. The SMILES string of the molecule is CC.CC(C)N1CC=CCC1. The maximum Gasteiger partial charge on any atom is 0.0166 e. The Hall–Kier alpha value is -0.300. The van der Waals surface area contributed by atoms with Gasteiger partial charge >= 0.3 is 0 Å². The molecule has 0 bridgehead atoms. The van der Waals surface area contributed by atoms with Gasteiger partial charge in [-0.15, -0.1) is 0 Å². The van der Waals surface area contributed by atoms with Crippen LogP contribution in [0.2, 0.25) is 0 Å². The smallest absolute Gasteiger partial charge is 0.0166 e. The Bertz CT molecular complexity index is 105. The van der Waals surface area contributed by atoms with Crippen LogP contribution in [0.15, 0.2) is 12.2 Å². The van der Waals surface area contributed by atoms with Crippen LogP contribution in [0, 0.1) is 0 Å². The van der Waals surface area contributed by atoms with E-state index in [2.05, 4.69) is 30.9 Å². The van der Waals surface area contributed by atoms with Gasteiger partial charge < -0.3 is 0 Å². The normalized spacial score (nSPS) is 17.9. The fraction of sp³-hybridized carbons (Fsp3) is 0.800. The topological polar surface area (TPSA) is 3.24 Å². The van der Waals surface area contributed by atoms with Gasteiger partial charge in [0, 0.05) is 19.1 Å². The molecule has 0 N–H and O–H groups in total. The third kappa shape index (κ3) is 4.20. The quantitative estimate of drug-likeness (QED) is 0.526. The molecule has 11 heavy (non-hydrogen) atoms. The molecule has 1 aliphatic rings. The summed E-state index contributed by atoms with van der Waals surface area (Å²) in [6.45, 7) is 10.9. The zero-order chi connectivity index (χ0) is 8.69. The summed E-state index contributed by atoms with van der Waals surface area (Å²) in [7, 11) is 0. The van der Waals surface area contributed by atoms with E-state index in [4.69, 9.17) is 0 Å². The van der Waals surface area contributed by atoms with E-state index in [1.807, 2.05) is 13.8 Å². The van der Waals surface area contributed by atoms with Gasteiger partial charge in [-0.2, -0.15) is 0 Å². The lowest BCUT2D eigenvalue weighted by Gasteiger charge is -2.26. The van der Waals surface area contributed by atoms with Crippen molar-refractivity contribution in [1.29, 1.82) is 0 Å². The van der Waals surface area contributed by atoms with Crippen LogP contribution in [0.25, 0.3) is 0 Å². The largest absolute Gasteiger partial charge is 0.297 e. The van der Waals surface area contributed by atoms with Gasteiger partial charge in [0.15, 0.2) is 0 Å². The first kappa shape index (κ1) is 10.7. The maximum atomic E-state index is 2.47. The van der Waals surface area contributed by atoms with Crippen LogP contribution in [0.4, 0.5) is 0 Å². The van der Waals surface area contributed by atoms with Crippen LogP contribution < -0.4 is 0 Å². The predicted molar refractivity (Wildman–Crippen MR) is 51.8 cm³/mol. The minimum atomic E-state index is 0.718. The Labute approximate surface area is 71.1 Å². The highest BCUT2D eigenvalue weighted by Gasteiger charge is 2.07. The summed E-state index contributed by atoms with van der Waals surface area (Å²) in [5.74, 6) is 0. The van der Waals surface area contributed by atoms with Crippen LogP contribution in [-0.2, 0) is 0 Å². The minimum Gasteiger partial charge on any atom is -0.297 e. The van der Waals surface area contributed by atoms with E-state index in [1.54, 1.807) is 0 Å². The highest BCUT2D eigenvalue weighted by atomic mass is 15.1. The Morgan fingerprint density at radius 1 is 1.18 bits per heavy atom. The summed E-state index contributed by atoms with van der Waals surface area (Å²) in [5.41, 5.74) is 0. The molecule has 1 rings (SSSR count). The van der Waals surface area contributed by atoms with Gasteiger partial charge in [-0.25, -0.2) is 0 Å². The van der Waals surface area contributed by atoms with Crippen molar-refractivity contribution in [3.8, 4) is 0 Å². The van der Waals surface area contributed by atoms with Crippen LogP contribution >= 0.6 is 0 Å². The van der Waals surface area contributed by atoms with E-state index >= 15 is 0 Å². The van der Waals surface area contributed by atoms with Crippen molar-refractivity contribution in [2.75, 3.05) is 13.1 Å². The molecule has 0 saturated heterocycles. The Morgan fingerprint density at radius 2 is 1.82 bits per heavy atom. The van der Waals surface area contributed by atoms with Crippen LogP contribution in [0.1, 0.15) is 34.1 Å². The van der Waals surface area contributed by atoms with Gasteiger partial charge in [0.1, 0.15) is 0 Å². The lowest BCUT2D eigenvalue weighted by atomic mass is 10.2. The number of nitrogens with zero attached hydrogens (tertiary/aromatic N) is 1. The molecule has 1 heterocycles. The third-order valence-corrected chi connectivity index (χ3v) is 1.82. The molecule has 0 amide bonds. The van der Waals surface area contributed by atoms with E-state index in [-0.39, 0.29) is 0 Å². The van der Waals surface area contributed by atoms with Crippen molar-refractivity contribution in [3.63, 3.8) is 0 Å². The molecule has 1 heteroatoms. The van der Waals surface area contributed by atoms with Crippen molar-refractivity contribution in [2.45, 2.75) is 40.2 Å². The fourth-order valence-corrected chi connectivity index (χ4v) is 1.13. The van der Waals surface area contributed by atoms with Gasteiger partial charge in [0.05, 0.1) is 0 Å². The van der Waals surface area contributed by atoms with Crippen molar-refractivity contribution in [2.24, 2.45) is 0 Å². The first-order valence-corrected chi connectivity index (χ1v) is 4.70. The summed E-state index contributed by atoms with van der Waals surface area (Å²) < 4.78 is 0. The fourth-order valence-electron chi connectivity index (χ4n) is 1.13. The maximum absolute atomic E-state index is 2.47. The molecule has 0 spiro atoms.